The van der Waals surface area contributed by atoms with Gasteiger partial charge in [0.05, 0.1) is 16.3 Å². The van der Waals surface area contributed by atoms with Crippen LogP contribution in [0.3, 0.4) is 0 Å². The van der Waals surface area contributed by atoms with Crippen LogP contribution in [0.5, 0.6) is 5.75 Å². The summed E-state index contributed by atoms with van der Waals surface area (Å²) in [7, 11) is 0. The van der Waals surface area contributed by atoms with E-state index >= 15 is 0 Å². The van der Waals surface area contributed by atoms with E-state index in [1.807, 2.05) is 6.07 Å². The van der Waals surface area contributed by atoms with Crippen molar-refractivity contribution in [2.75, 3.05) is 4.90 Å². The molecule has 1 amide bonds. The van der Waals surface area contributed by atoms with Crippen LogP contribution in [0, 0.1) is 0 Å². The first-order chi connectivity index (χ1) is 14.0. The molecule has 2 aromatic rings. The molecule has 0 aromatic heterocycles. The maximum Gasteiger partial charge on any atom is 0.275 e. The Morgan fingerprint density at radius 1 is 1.30 bits per heavy atom. The number of nitrogens with one attached hydrogen (secondary N) is 1. The Morgan fingerprint density at radius 2 is 2.00 bits per heavy atom. The zero-order valence-electron chi connectivity index (χ0n) is 17.8. The highest BCUT2D eigenvalue weighted by atomic mass is 79.9. The van der Waals surface area contributed by atoms with Crippen LogP contribution in [0.1, 0.15) is 68.4 Å². The molecule has 0 saturated carbocycles. The van der Waals surface area contributed by atoms with Crippen LogP contribution in [0.25, 0.3) is 0 Å². The second kappa shape index (κ2) is 8.71. The molecule has 1 atom stereocenters. The van der Waals surface area contributed by atoms with Gasteiger partial charge in [0.1, 0.15) is 5.75 Å². The van der Waals surface area contributed by atoms with Crippen molar-refractivity contribution in [3.63, 3.8) is 0 Å². The number of anilines is 1. The summed E-state index contributed by atoms with van der Waals surface area (Å²) in [5.74, 6) is -0.168. The number of hydrazone groups is 1. The zero-order chi connectivity index (χ0) is 22.2. The lowest BCUT2D eigenvalue weighted by Gasteiger charge is -2.50. The molecule has 1 heterocycles. The number of hydrogen-bond donors (Lipinski definition) is 2. The zero-order valence-corrected chi connectivity index (χ0v) is 21.0. The van der Waals surface area contributed by atoms with Gasteiger partial charge in [0.25, 0.3) is 5.91 Å². The largest absolute Gasteiger partial charge is 0.506 e. The highest BCUT2D eigenvalue weighted by molar-refractivity contribution is 9.11. The van der Waals surface area contributed by atoms with Gasteiger partial charge in [0.2, 0.25) is 0 Å². The molecular formula is C23H27Br2N3O2. The second-order valence-corrected chi connectivity index (χ2v) is 10.5. The van der Waals surface area contributed by atoms with E-state index in [1.54, 1.807) is 18.3 Å². The number of aromatic hydroxyl groups is 1. The molecular weight excluding hydrogens is 510 g/mol. The number of halogens is 2. The predicted octanol–water partition coefficient (Wildman–Crippen LogP) is 6.18. The third kappa shape index (κ3) is 4.57. The Morgan fingerprint density at radius 3 is 2.67 bits per heavy atom. The van der Waals surface area contributed by atoms with E-state index in [0.29, 0.717) is 20.9 Å². The smallest absolute Gasteiger partial charge is 0.275 e. The van der Waals surface area contributed by atoms with Crippen molar-refractivity contribution in [2.45, 2.75) is 58.5 Å². The maximum atomic E-state index is 12.4. The minimum absolute atomic E-state index is 0.102. The summed E-state index contributed by atoms with van der Waals surface area (Å²) in [6, 6.07) is 9.94. The van der Waals surface area contributed by atoms with Crippen molar-refractivity contribution in [1.29, 1.82) is 0 Å². The predicted molar refractivity (Wildman–Crippen MR) is 130 cm³/mol. The van der Waals surface area contributed by atoms with Gasteiger partial charge in [-0.25, -0.2) is 5.43 Å². The first-order valence-corrected chi connectivity index (χ1v) is 11.5. The Bertz CT molecular complexity index is 1000. The molecule has 0 bridgehead atoms. The van der Waals surface area contributed by atoms with Crippen molar-refractivity contribution >= 4 is 49.7 Å². The lowest BCUT2D eigenvalue weighted by atomic mass is 9.79. The Labute approximate surface area is 194 Å². The van der Waals surface area contributed by atoms with Crippen LogP contribution in [-0.4, -0.2) is 28.8 Å². The lowest BCUT2D eigenvalue weighted by molar-refractivity contribution is 0.0952. The number of amides is 1. The van der Waals surface area contributed by atoms with Gasteiger partial charge in [-0.3, -0.25) is 4.79 Å². The number of phenols is 1. The molecule has 0 radical (unpaired) electrons. The quantitative estimate of drug-likeness (QED) is 0.362. The van der Waals surface area contributed by atoms with E-state index in [0.717, 1.165) is 12.0 Å². The molecule has 5 nitrogen and oxygen atoms in total. The molecule has 1 aliphatic rings. The van der Waals surface area contributed by atoms with Crippen molar-refractivity contribution in [1.82, 2.24) is 5.43 Å². The standard InChI is InChI=1S/C23H27Br2N3O2/c1-13(2)28-20-7-6-15(8-17(20)14(3)11-23(28,4)5)12-26-27-22(30)18-9-16(24)10-19(25)21(18)29/h6-10,12-14,29H,11H2,1-5H3,(H,27,30)/b26-12-/t14-/m1/s1. The summed E-state index contributed by atoms with van der Waals surface area (Å²) in [5.41, 5.74) is 6.22. The fourth-order valence-corrected chi connectivity index (χ4v) is 5.72. The summed E-state index contributed by atoms with van der Waals surface area (Å²) in [5, 5.41) is 14.2. The van der Waals surface area contributed by atoms with E-state index in [1.165, 1.54) is 11.3 Å². The number of fused-ring (bicyclic) bond motifs is 1. The average molecular weight is 537 g/mol. The van der Waals surface area contributed by atoms with Crippen molar-refractivity contribution in [3.8, 4) is 5.75 Å². The van der Waals surface area contributed by atoms with Crippen molar-refractivity contribution in [2.24, 2.45) is 5.10 Å². The van der Waals surface area contributed by atoms with Crippen molar-refractivity contribution < 1.29 is 9.90 Å². The molecule has 3 rings (SSSR count). The number of nitrogens with zero attached hydrogens (tertiary/aromatic N) is 2. The number of hydrogen-bond acceptors (Lipinski definition) is 4. The van der Waals surface area contributed by atoms with E-state index in [-0.39, 0.29) is 16.9 Å². The third-order valence-electron chi connectivity index (χ3n) is 5.47. The highest BCUT2D eigenvalue weighted by Crippen LogP contribution is 2.44. The van der Waals surface area contributed by atoms with Gasteiger partial charge in [-0.05, 0) is 91.4 Å². The topological polar surface area (TPSA) is 64.9 Å². The van der Waals surface area contributed by atoms with E-state index < -0.39 is 5.91 Å². The number of carbonyl (C=O) groups is 1. The van der Waals surface area contributed by atoms with Crippen LogP contribution in [0.4, 0.5) is 5.69 Å². The molecule has 7 heteroatoms. The minimum atomic E-state index is -0.482. The van der Waals surface area contributed by atoms with Crippen LogP contribution in [-0.2, 0) is 0 Å². The van der Waals surface area contributed by atoms with Crippen molar-refractivity contribution in [3.05, 3.63) is 56.0 Å². The SMILES string of the molecule is CC(C)N1c2ccc(/C=N\NC(=O)c3cc(Br)cc(Br)c3O)cc2[C@H](C)CC1(C)C. The van der Waals surface area contributed by atoms with Crippen LogP contribution < -0.4 is 10.3 Å². The van der Waals surface area contributed by atoms with Gasteiger partial charge in [-0.15, -0.1) is 0 Å². The molecule has 2 aromatic carbocycles. The van der Waals surface area contributed by atoms with Gasteiger partial charge in [-0.2, -0.15) is 5.10 Å². The van der Waals surface area contributed by atoms with Gasteiger partial charge in [0.15, 0.2) is 0 Å². The van der Waals surface area contributed by atoms with Gasteiger partial charge in [-0.1, -0.05) is 28.9 Å². The number of phenolic OH excluding ortho intramolecular Hbond substituents is 1. The molecule has 30 heavy (non-hydrogen) atoms. The summed E-state index contributed by atoms with van der Waals surface area (Å²) >= 11 is 6.55. The fourth-order valence-electron chi connectivity index (χ4n) is 4.49. The Kier molecular flexibility index (Phi) is 6.63. The molecule has 0 saturated heterocycles. The molecule has 0 aliphatic carbocycles. The summed E-state index contributed by atoms with van der Waals surface area (Å²) in [4.78, 5) is 14.9. The Balaban J connectivity index is 1.81. The molecule has 2 N–H and O–H groups in total. The summed E-state index contributed by atoms with van der Waals surface area (Å²) < 4.78 is 1.12. The third-order valence-corrected chi connectivity index (χ3v) is 6.53. The average Bonchev–Trinajstić information content (AvgIpc) is 2.63. The van der Waals surface area contributed by atoms with E-state index in [9.17, 15) is 9.90 Å². The number of carbonyl (C=O) groups excluding carboxylic acids is 1. The first-order valence-electron chi connectivity index (χ1n) is 9.96. The number of rotatable bonds is 4. The van der Waals surface area contributed by atoms with E-state index in [2.05, 4.69) is 94.0 Å². The molecule has 0 spiro atoms. The fraction of sp³-hybridized carbons (Fsp3) is 0.391. The van der Waals surface area contributed by atoms with Crippen LogP contribution in [0.2, 0.25) is 0 Å². The van der Waals surface area contributed by atoms with Crippen LogP contribution in [0.15, 0.2) is 44.4 Å². The summed E-state index contributed by atoms with van der Waals surface area (Å²) in [6.45, 7) is 11.3. The van der Waals surface area contributed by atoms with Gasteiger partial charge >= 0.3 is 0 Å². The maximum absolute atomic E-state index is 12.4. The van der Waals surface area contributed by atoms with E-state index in [4.69, 9.17) is 0 Å². The first kappa shape index (κ1) is 22.8. The molecule has 1 aliphatic heterocycles. The molecule has 0 unspecified atom stereocenters. The van der Waals surface area contributed by atoms with Crippen LogP contribution >= 0.6 is 31.9 Å². The second-order valence-electron chi connectivity index (χ2n) is 8.68. The molecule has 160 valence electrons. The monoisotopic (exact) mass is 535 g/mol. The molecule has 0 fully saturated rings. The van der Waals surface area contributed by atoms with Gasteiger partial charge in [0, 0.05) is 21.7 Å². The van der Waals surface area contributed by atoms with Gasteiger partial charge < -0.3 is 10.0 Å². The highest BCUT2D eigenvalue weighted by Gasteiger charge is 2.37. The normalized spacial score (nSPS) is 18.0. The Hall–Kier alpha value is -1.86. The minimum Gasteiger partial charge on any atom is -0.506 e. The summed E-state index contributed by atoms with van der Waals surface area (Å²) in [6.07, 6.45) is 2.71. The number of benzene rings is 2. The lowest BCUT2D eigenvalue weighted by Crippen LogP contribution is -2.51.